The van der Waals surface area contributed by atoms with Gasteiger partial charge in [-0.15, -0.1) is 0 Å². The number of hydrogen-bond acceptors (Lipinski definition) is 5. The minimum Gasteiger partial charge on any atom is -0.454 e. The molecule has 0 saturated heterocycles. The molecule has 2 rings (SSSR count). The smallest absolute Gasteiger partial charge is 0.307 e. The van der Waals surface area contributed by atoms with E-state index in [1.807, 2.05) is 0 Å². The van der Waals surface area contributed by atoms with Gasteiger partial charge < -0.3 is 4.74 Å². The largest absolute Gasteiger partial charge is 0.454 e. The van der Waals surface area contributed by atoms with Crippen LogP contribution in [0.3, 0.4) is 0 Å². The molecule has 7 heteroatoms. The Hall–Kier alpha value is -3.48. The van der Waals surface area contributed by atoms with Gasteiger partial charge in [0.1, 0.15) is 0 Å². The third-order valence-electron chi connectivity index (χ3n) is 3.64. The average Bonchev–Trinajstić information content (AvgIpc) is 2.71. The molecule has 2 N–H and O–H groups in total. The second-order valence-electron chi connectivity index (χ2n) is 5.73. The van der Waals surface area contributed by atoms with Crippen molar-refractivity contribution in [2.45, 2.75) is 25.9 Å². The first-order valence-electron chi connectivity index (χ1n) is 8.40. The fraction of sp³-hybridized carbons (Fsp3) is 0.200. The third kappa shape index (κ3) is 6.39. The van der Waals surface area contributed by atoms with E-state index >= 15 is 0 Å². The highest BCUT2D eigenvalue weighted by Gasteiger charge is 2.19. The maximum atomic E-state index is 12.1. The van der Waals surface area contributed by atoms with Crippen LogP contribution in [0.25, 0.3) is 0 Å². The number of hydrogen-bond donors (Lipinski definition) is 2. The first-order chi connectivity index (χ1) is 13.0. The van der Waals surface area contributed by atoms with Gasteiger partial charge in [0, 0.05) is 17.5 Å². The summed E-state index contributed by atoms with van der Waals surface area (Å²) in [5.41, 5.74) is 5.32. The normalized spacial score (nSPS) is 11.1. The Kier molecular flexibility index (Phi) is 7.25. The second-order valence-corrected chi connectivity index (χ2v) is 5.73. The second kappa shape index (κ2) is 9.86. The summed E-state index contributed by atoms with van der Waals surface area (Å²) in [4.78, 5) is 47.4. The Morgan fingerprint density at radius 3 is 1.96 bits per heavy atom. The summed E-state index contributed by atoms with van der Waals surface area (Å²) < 4.78 is 5.06. The van der Waals surface area contributed by atoms with Gasteiger partial charge in [0.2, 0.25) is 11.7 Å². The van der Waals surface area contributed by atoms with E-state index in [2.05, 4.69) is 10.9 Å². The Morgan fingerprint density at radius 1 is 0.815 bits per heavy atom. The Balaban J connectivity index is 1.71. The number of amides is 2. The number of ether oxygens (including phenoxy) is 1. The molecule has 0 aromatic heterocycles. The van der Waals surface area contributed by atoms with E-state index in [0.29, 0.717) is 11.1 Å². The third-order valence-corrected chi connectivity index (χ3v) is 3.64. The van der Waals surface area contributed by atoms with Crippen LogP contribution < -0.4 is 10.9 Å². The predicted octanol–water partition coefficient (Wildman–Crippen LogP) is 2.04. The van der Waals surface area contributed by atoms with Crippen LogP contribution >= 0.6 is 0 Å². The molecular formula is C20H20N2O5. The van der Waals surface area contributed by atoms with Crippen LogP contribution in [-0.4, -0.2) is 29.7 Å². The molecule has 0 radical (unpaired) electrons. The molecule has 0 spiro atoms. The summed E-state index contributed by atoms with van der Waals surface area (Å²) in [5, 5.41) is 0. The van der Waals surface area contributed by atoms with Crippen molar-refractivity contribution in [3.8, 4) is 0 Å². The van der Waals surface area contributed by atoms with Crippen molar-refractivity contribution >= 4 is 23.6 Å². The monoisotopic (exact) mass is 368 g/mol. The number of Topliss-reactive ketones (excluding diaryl/α,β-unsaturated/α-hetero) is 1. The molecule has 0 aliphatic carbocycles. The van der Waals surface area contributed by atoms with E-state index in [0.717, 1.165) is 0 Å². The lowest BCUT2D eigenvalue weighted by Gasteiger charge is -2.12. The lowest BCUT2D eigenvalue weighted by molar-refractivity contribution is -0.147. The van der Waals surface area contributed by atoms with Crippen LogP contribution in [0, 0.1) is 0 Å². The van der Waals surface area contributed by atoms with Crippen molar-refractivity contribution < 1.29 is 23.9 Å². The fourth-order valence-corrected chi connectivity index (χ4v) is 2.21. The first kappa shape index (κ1) is 19.8. The molecule has 0 saturated carbocycles. The van der Waals surface area contributed by atoms with Crippen molar-refractivity contribution in [2.24, 2.45) is 0 Å². The molecule has 2 aromatic carbocycles. The highest BCUT2D eigenvalue weighted by atomic mass is 16.5. The molecule has 0 fully saturated rings. The van der Waals surface area contributed by atoms with E-state index < -0.39 is 23.9 Å². The van der Waals surface area contributed by atoms with Crippen LogP contribution in [-0.2, 0) is 14.3 Å². The van der Waals surface area contributed by atoms with Crippen LogP contribution in [0.4, 0.5) is 0 Å². The van der Waals surface area contributed by atoms with Crippen molar-refractivity contribution in [2.75, 3.05) is 0 Å². The molecule has 0 aliphatic heterocycles. The molecule has 0 aliphatic rings. The highest BCUT2D eigenvalue weighted by molar-refractivity contribution is 6.00. The number of benzene rings is 2. The van der Waals surface area contributed by atoms with E-state index in [-0.39, 0.29) is 18.6 Å². The topological polar surface area (TPSA) is 102 Å². The average molecular weight is 368 g/mol. The molecule has 0 bridgehead atoms. The molecule has 0 heterocycles. The van der Waals surface area contributed by atoms with Gasteiger partial charge in [-0.05, 0) is 19.1 Å². The fourth-order valence-electron chi connectivity index (χ4n) is 2.21. The van der Waals surface area contributed by atoms with Crippen molar-refractivity contribution in [3.63, 3.8) is 0 Å². The van der Waals surface area contributed by atoms with Crippen LogP contribution in [0.5, 0.6) is 0 Å². The zero-order chi connectivity index (χ0) is 19.6. The zero-order valence-electron chi connectivity index (χ0n) is 14.8. The van der Waals surface area contributed by atoms with E-state index in [9.17, 15) is 19.2 Å². The number of nitrogens with one attached hydrogen (secondary N) is 2. The van der Waals surface area contributed by atoms with Gasteiger partial charge in [0.15, 0.2) is 6.10 Å². The first-order valence-corrected chi connectivity index (χ1v) is 8.40. The molecule has 7 nitrogen and oxygen atoms in total. The van der Waals surface area contributed by atoms with Crippen molar-refractivity contribution in [3.05, 3.63) is 71.8 Å². The molecule has 1 unspecified atom stereocenters. The van der Waals surface area contributed by atoms with E-state index in [4.69, 9.17) is 4.74 Å². The molecule has 2 aromatic rings. The van der Waals surface area contributed by atoms with Crippen molar-refractivity contribution in [1.82, 2.24) is 10.9 Å². The van der Waals surface area contributed by atoms with Crippen LogP contribution in [0.15, 0.2) is 60.7 Å². The lowest BCUT2D eigenvalue weighted by Crippen LogP contribution is -2.41. The molecular weight excluding hydrogens is 348 g/mol. The van der Waals surface area contributed by atoms with E-state index in [1.54, 1.807) is 60.7 Å². The maximum Gasteiger partial charge on any atom is 0.307 e. The molecule has 140 valence electrons. The molecule has 2 amide bonds. The van der Waals surface area contributed by atoms with Gasteiger partial charge in [-0.25, -0.2) is 0 Å². The Morgan fingerprint density at radius 2 is 1.37 bits per heavy atom. The van der Waals surface area contributed by atoms with Gasteiger partial charge in [-0.1, -0.05) is 48.5 Å². The summed E-state index contributed by atoms with van der Waals surface area (Å²) in [7, 11) is 0. The highest BCUT2D eigenvalue weighted by Crippen LogP contribution is 2.07. The van der Waals surface area contributed by atoms with Crippen molar-refractivity contribution in [1.29, 1.82) is 0 Å². The Labute approximate surface area is 156 Å². The van der Waals surface area contributed by atoms with E-state index in [1.165, 1.54) is 6.92 Å². The van der Waals surface area contributed by atoms with Gasteiger partial charge in [0.25, 0.3) is 5.91 Å². The minimum atomic E-state index is -0.944. The SMILES string of the molecule is CC(OC(=O)CCC(=O)NNC(=O)c1ccccc1)C(=O)c1ccccc1. The summed E-state index contributed by atoms with van der Waals surface area (Å²) in [5.74, 6) is -1.99. The number of carbonyl (C=O) groups excluding carboxylic acids is 4. The number of carbonyl (C=O) groups is 4. The van der Waals surface area contributed by atoms with Crippen LogP contribution in [0.2, 0.25) is 0 Å². The van der Waals surface area contributed by atoms with Gasteiger partial charge >= 0.3 is 5.97 Å². The van der Waals surface area contributed by atoms with Gasteiger partial charge in [0.05, 0.1) is 6.42 Å². The number of esters is 1. The summed E-state index contributed by atoms with van der Waals surface area (Å²) in [6.45, 7) is 1.48. The Bertz CT molecular complexity index is 806. The summed E-state index contributed by atoms with van der Waals surface area (Å²) in [6, 6.07) is 16.9. The molecule has 1 atom stereocenters. The molecule has 27 heavy (non-hydrogen) atoms. The maximum absolute atomic E-state index is 12.1. The predicted molar refractivity (Wildman–Crippen MR) is 97.6 cm³/mol. The lowest BCUT2D eigenvalue weighted by atomic mass is 10.1. The number of ketones is 1. The minimum absolute atomic E-state index is 0.180. The van der Waals surface area contributed by atoms with Crippen LogP contribution in [0.1, 0.15) is 40.5 Å². The number of hydrazine groups is 1. The van der Waals surface area contributed by atoms with Gasteiger partial charge in [-0.2, -0.15) is 0 Å². The number of rotatable bonds is 7. The van der Waals surface area contributed by atoms with Gasteiger partial charge in [-0.3, -0.25) is 30.0 Å². The quantitative estimate of drug-likeness (QED) is 0.442. The standard InChI is InChI=1S/C20H20N2O5/c1-14(19(25)15-8-4-2-5-9-15)27-18(24)13-12-17(23)21-22-20(26)16-10-6-3-7-11-16/h2-11,14H,12-13H2,1H3,(H,21,23)(H,22,26). The summed E-state index contributed by atoms with van der Waals surface area (Å²) >= 11 is 0. The summed E-state index contributed by atoms with van der Waals surface area (Å²) in [6.07, 6.45) is -1.33. The zero-order valence-corrected chi connectivity index (χ0v) is 14.8.